The highest BCUT2D eigenvalue weighted by molar-refractivity contribution is 5.29. The maximum atomic E-state index is 6.74. The number of rotatable bonds is 11. The second-order valence-corrected chi connectivity index (χ2v) is 15.8. The highest BCUT2D eigenvalue weighted by Gasteiger charge is 2.46. The second-order valence-electron chi connectivity index (χ2n) is 15.8. The number of hydrogen-bond acceptors (Lipinski definition) is 6. The van der Waals surface area contributed by atoms with E-state index in [1.165, 1.54) is 16.7 Å². The van der Waals surface area contributed by atoms with E-state index in [0.29, 0.717) is 26.4 Å². The van der Waals surface area contributed by atoms with Gasteiger partial charge in [-0.25, -0.2) is 0 Å². The number of ether oxygens (including phenoxy) is 5. The van der Waals surface area contributed by atoms with Crippen molar-refractivity contribution in [2.75, 3.05) is 13.7 Å². The fourth-order valence-electron chi connectivity index (χ4n) is 5.66. The summed E-state index contributed by atoms with van der Waals surface area (Å²) in [6.45, 7) is 21.5. The Kier molecular flexibility index (Phi) is 11.9. The Morgan fingerprint density at radius 2 is 0.935 bits per heavy atom. The predicted octanol–water partition coefficient (Wildman–Crippen LogP) is 7.97. The Labute approximate surface area is 277 Å². The van der Waals surface area contributed by atoms with Crippen LogP contribution in [0, 0.1) is 0 Å². The molecule has 0 saturated carbocycles. The third-order valence-electron chi connectivity index (χ3n) is 8.82. The summed E-state index contributed by atoms with van der Waals surface area (Å²) in [6, 6.07) is 25.2. The van der Waals surface area contributed by atoms with Crippen LogP contribution in [-0.4, -0.2) is 44.4 Å². The van der Waals surface area contributed by atoms with Gasteiger partial charge in [0, 0.05) is 7.11 Å². The van der Waals surface area contributed by atoms with Crippen molar-refractivity contribution in [1.29, 1.82) is 0 Å². The zero-order valence-electron chi connectivity index (χ0n) is 29.8. The Morgan fingerprint density at radius 3 is 1.30 bits per heavy atom. The highest BCUT2D eigenvalue weighted by Crippen LogP contribution is 2.30. The molecular weight excluding hydrogens is 574 g/mol. The summed E-state index contributed by atoms with van der Waals surface area (Å²) < 4.78 is 31.5. The summed E-state index contributed by atoms with van der Waals surface area (Å²) >= 11 is 0. The maximum Gasteiger partial charge on any atom is 0.175 e. The molecular formula is C40H57NO5. The quantitative estimate of drug-likeness (QED) is 0.232. The molecule has 0 bridgehead atoms. The van der Waals surface area contributed by atoms with Crippen LogP contribution in [0.4, 0.5) is 0 Å². The summed E-state index contributed by atoms with van der Waals surface area (Å²) in [7, 11) is 1.61. The number of nitrogens with two attached hydrogens (primary N) is 1. The zero-order chi connectivity index (χ0) is 33.7. The van der Waals surface area contributed by atoms with Crippen molar-refractivity contribution in [3.8, 4) is 0 Å². The van der Waals surface area contributed by atoms with Gasteiger partial charge in [-0.1, -0.05) is 135 Å². The zero-order valence-corrected chi connectivity index (χ0v) is 29.8. The molecule has 1 aliphatic heterocycles. The molecule has 3 aromatic carbocycles. The van der Waals surface area contributed by atoms with E-state index >= 15 is 0 Å². The van der Waals surface area contributed by atoms with Gasteiger partial charge in [-0.2, -0.15) is 0 Å². The lowest BCUT2D eigenvalue weighted by atomic mass is 9.87. The van der Waals surface area contributed by atoms with E-state index in [-0.39, 0.29) is 16.2 Å². The first kappa shape index (κ1) is 36.3. The molecule has 0 aromatic heterocycles. The Hall–Kier alpha value is -2.58. The lowest BCUT2D eigenvalue weighted by Crippen LogP contribution is -2.63. The molecule has 46 heavy (non-hydrogen) atoms. The number of hydrogen-bond donors (Lipinski definition) is 1. The van der Waals surface area contributed by atoms with Crippen molar-refractivity contribution in [2.24, 2.45) is 5.73 Å². The fraction of sp³-hybridized carbons (Fsp3) is 0.550. The van der Waals surface area contributed by atoms with E-state index < -0.39 is 30.6 Å². The van der Waals surface area contributed by atoms with Gasteiger partial charge in [0.25, 0.3) is 0 Å². The minimum atomic E-state index is -0.654. The molecule has 1 saturated heterocycles. The molecule has 4 rings (SSSR count). The lowest BCUT2D eigenvalue weighted by molar-refractivity contribution is -0.280. The van der Waals surface area contributed by atoms with E-state index in [4.69, 9.17) is 29.4 Å². The summed E-state index contributed by atoms with van der Waals surface area (Å²) in [5.74, 6) is 0. The van der Waals surface area contributed by atoms with Crippen molar-refractivity contribution >= 4 is 0 Å². The van der Waals surface area contributed by atoms with Gasteiger partial charge in [0.15, 0.2) is 6.29 Å². The van der Waals surface area contributed by atoms with Gasteiger partial charge in [0.05, 0.1) is 32.5 Å². The highest BCUT2D eigenvalue weighted by atomic mass is 16.7. The molecule has 1 aliphatic rings. The van der Waals surface area contributed by atoms with Crippen LogP contribution in [0.1, 0.15) is 95.7 Å². The SMILES string of the molecule is CO[C@H]1O[C@H](COCc2ccc(C(C)(C)C)cc2)[C@@H](OCc2ccc(C(C)(C)C)cc2)[C@H](OCc2ccc(C(C)(C)C)cc2)[C@H]1N. The van der Waals surface area contributed by atoms with Gasteiger partial charge < -0.3 is 29.4 Å². The van der Waals surface area contributed by atoms with E-state index in [2.05, 4.69) is 135 Å². The summed E-state index contributed by atoms with van der Waals surface area (Å²) in [5, 5.41) is 0. The van der Waals surface area contributed by atoms with Crippen LogP contribution in [0.3, 0.4) is 0 Å². The van der Waals surface area contributed by atoms with Crippen molar-refractivity contribution in [3.63, 3.8) is 0 Å². The first-order valence-corrected chi connectivity index (χ1v) is 16.6. The topological polar surface area (TPSA) is 72.2 Å². The van der Waals surface area contributed by atoms with Gasteiger partial charge in [-0.3, -0.25) is 0 Å². The summed E-state index contributed by atoms with van der Waals surface area (Å²) in [6.07, 6.45) is -2.05. The van der Waals surface area contributed by atoms with Crippen molar-refractivity contribution in [3.05, 3.63) is 106 Å². The molecule has 0 unspecified atom stereocenters. The van der Waals surface area contributed by atoms with Crippen molar-refractivity contribution < 1.29 is 23.7 Å². The molecule has 3 aromatic rings. The molecule has 5 atom stereocenters. The Balaban J connectivity index is 1.51. The predicted molar refractivity (Wildman–Crippen MR) is 186 cm³/mol. The molecule has 0 spiro atoms. The fourth-order valence-corrected chi connectivity index (χ4v) is 5.66. The van der Waals surface area contributed by atoms with Crippen molar-refractivity contribution in [2.45, 2.75) is 129 Å². The van der Waals surface area contributed by atoms with Gasteiger partial charge in [0.2, 0.25) is 0 Å². The molecule has 2 N–H and O–H groups in total. The molecule has 1 fully saturated rings. The summed E-state index contributed by atoms with van der Waals surface area (Å²) in [4.78, 5) is 0. The molecule has 0 radical (unpaired) electrons. The third kappa shape index (κ3) is 9.72. The van der Waals surface area contributed by atoms with Crippen molar-refractivity contribution in [1.82, 2.24) is 0 Å². The largest absolute Gasteiger partial charge is 0.374 e. The Morgan fingerprint density at radius 1 is 0.565 bits per heavy atom. The monoisotopic (exact) mass is 631 g/mol. The summed E-state index contributed by atoms with van der Waals surface area (Å²) in [5.41, 5.74) is 14.1. The second kappa shape index (κ2) is 15.1. The standard InChI is InChI=1S/C40H57NO5/c1-38(2,3)30-17-11-27(12-18-30)23-43-26-33-35(44-24-28-13-19-31(20-14-28)39(4,5)6)36(34(41)37(42-10)46-33)45-25-29-15-21-32(22-16-29)40(7,8)9/h11-22,33-37H,23-26,41H2,1-10H3/t33-,34-,35-,36-,37+/m1/s1. The molecule has 6 heteroatoms. The van der Waals surface area contributed by atoms with Gasteiger partial charge >= 0.3 is 0 Å². The van der Waals surface area contributed by atoms with Crippen LogP contribution in [0.15, 0.2) is 72.8 Å². The first-order valence-electron chi connectivity index (χ1n) is 16.6. The first-order chi connectivity index (χ1) is 21.6. The van der Waals surface area contributed by atoms with E-state index in [1.807, 2.05) is 0 Å². The van der Waals surface area contributed by atoms with Crippen LogP contribution < -0.4 is 5.73 Å². The maximum absolute atomic E-state index is 6.74. The van der Waals surface area contributed by atoms with Crippen LogP contribution in [0.2, 0.25) is 0 Å². The van der Waals surface area contributed by atoms with E-state index in [0.717, 1.165) is 16.7 Å². The van der Waals surface area contributed by atoms with Gasteiger partial charge in [0.1, 0.15) is 18.3 Å². The average Bonchev–Trinajstić information content (AvgIpc) is 2.99. The minimum Gasteiger partial charge on any atom is -0.374 e. The Bertz CT molecular complexity index is 1350. The molecule has 0 aliphatic carbocycles. The van der Waals surface area contributed by atoms with Crippen LogP contribution in [0.25, 0.3) is 0 Å². The smallest absolute Gasteiger partial charge is 0.175 e. The molecule has 1 heterocycles. The molecule has 6 nitrogen and oxygen atoms in total. The normalized spacial score (nSPS) is 22.6. The number of methoxy groups -OCH3 is 1. The van der Waals surface area contributed by atoms with Crippen LogP contribution in [-0.2, 0) is 59.7 Å². The van der Waals surface area contributed by atoms with E-state index in [9.17, 15) is 0 Å². The average molecular weight is 632 g/mol. The minimum absolute atomic E-state index is 0.0814. The van der Waals surface area contributed by atoms with Gasteiger partial charge in [-0.05, 0) is 49.6 Å². The number of benzene rings is 3. The third-order valence-corrected chi connectivity index (χ3v) is 8.82. The van der Waals surface area contributed by atoms with Gasteiger partial charge in [-0.15, -0.1) is 0 Å². The molecule has 252 valence electrons. The molecule has 0 amide bonds. The van der Waals surface area contributed by atoms with Crippen LogP contribution in [0.5, 0.6) is 0 Å². The van der Waals surface area contributed by atoms with Crippen LogP contribution >= 0.6 is 0 Å². The lowest BCUT2D eigenvalue weighted by Gasteiger charge is -2.44. The van der Waals surface area contributed by atoms with E-state index in [1.54, 1.807) is 7.11 Å².